The number of aromatic nitrogens is 4. The molecule has 3 atom stereocenters. The summed E-state index contributed by atoms with van der Waals surface area (Å²) in [6.45, 7) is 0.911. The lowest BCUT2D eigenvalue weighted by atomic mass is 9.78. The summed E-state index contributed by atoms with van der Waals surface area (Å²) in [5, 5.41) is 0. The van der Waals surface area contributed by atoms with Crippen LogP contribution in [0.15, 0.2) is 43.0 Å². The Bertz CT molecular complexity index is 837. The Hall–Kier alpha value is -2.54. The van der Waals surface area contributed by atoms with Crippen LogP contribution in [0, 0.1) is 5.92 Å². The standard InChI is InChI=1S/C17H18FN5O/c18-14-12(8-24-7-11-4-2-1-3-5-11)6-13(14)23-10-22-17-15(23)16(19)20-9-21-17/h1-5,9-10,12-14H,6-8H2,(H2,19,20,21). The van der Waals surface area contributed by atoms with Gasteiger partial charge in [0.1, 0.15) is 18.0 Å². The molecule has 1 aliphatic carbocycles. The van der Waals surface area contributed by atoms with E-state index < -0.39 is 6.17 Å². The highest BCUT2D eigenvalue weighted by molar-refractivity contribution is 5.81. The fourth-order valence-corrected chi connectivity index (χ4v) is 3.17. The Morgan fingerprint density at radius 3 is 2.83 bits per heavy atom. The van der Waals surface area contributed by atoms with E-state index in [1.807, 2.05) is 30.3 Å². The minimum Gasteiger partial charge on any atom is -0.382 e. The molecular weight excluding hydrogens is 309 g/mol. The van der Waals surface area contributed by atoms with E-state index in [2.05, 4.69) is 15.0 Å². The van der Waals surface area contributed by atoms with Crippen molar-refractivity contribution in [3.05, 3.63) is 48.5 Å². The van der Waals surface area contributed by atoms with E-state index in [4.69, 9.17) is 10.5 Å². The number of benzene rings is 1. The number of alkyl halides is 1. The van der Waals surface area contributed by atoms with Crippen molar-refractivity contribution in [1.82, 2.24) is 19.5 Å². The van der Waals surface area contributed by atoms with Crippen molar-refractivity contribution < 1.29 is 9.13 Å². The monoisotopic (exact) mass is 327 g/mol. The Morgan fingerprint density at radius 1 is 1.21 bits per heavy atom. The first-order valence-electron chi connectivity index (χ1n) is 7.93. The summed E-state index contributed by atoms with van der Waals surface area (Å²) in [5.41, 5.74) is 8.08. The minimum absolute atomic E-state index is 0.109. The number of hydrogen-bond donors (Lipinski definition) is 1. The number of hydrogen-bond acceptors (Lipinski definition) is 5. The Balaban J connectivity index is 1.38. The first-order chi connectivity index (χ1) is 11.7. The summed E-state index contributed by atoms with van der Waals surface area (Å²) >= 11 is 0. The lowest BCUT2D eigenvalue weighted by molar-refractivity contribution is -0.0288. The lowest BCUT2D eigenvalue weighted by Crippen LogP contribution is -2.42. The van der Waals surface area contributed by atoms with Gasteiger partial charge in [0.05, 0.1) is 25.6 Å². The summed E-state index contributed by atoms with van der Waals surface area (Å²) in [7, 11) is 0. The molecule has 24 heavy (non-hydrogen) atoms. The van der Waals surface area contributed by atoms with Gasteiger partial charge in [-0.1, -0.05) is 30.3 Å². The number of halogens is 1. The minimum atomic E-state index is -0.988. The fourth-order valence-electron chi connectivity index (χ4n) is 3.17. The maximum Gasteiger partial charge on any atom is 0.182 e. The number of nitrogens with two attached hydrogens (primary N) is 1. The van der Waals surface area contributed by atoms with Crippen molar-refractivity contribution >= 4 is 17.0 Å². The van der Waals surface area contributed by atoms with Crippen LogP contribution >= 0.6 is 0 Å². The van der Waals surface area contributed by atoms with Crippen LogP contribution in [0.3, 0.4) is 0 Å². The zero-order valence-corrected chi connectivity index (χ0v) is 13.0. The number of ether oxygens (including phenoxy) is 1. The molecule has 6 nitrogen and oxygen atoms in total. The number of nitrogens with zero attached hydrogens (tertiary/aromatic N) is 4. The van der Waals surface area contributed by atoms with Crippen molar-refractivity contribution in [1.29, 1.82) is 0 Å². The van der Waals surface area contributed by atoms with Gasteiger partial charge in [-0.05, 0) is 12.0 Å². The van der Waals surface area contributed by atoms with Gasteiger partial charge in [-0.15, -0.1) is 0 Å². The smallest absolute Gasteiger partial charge is 0.182 e. The van der Waals surface area contributed by atoms with E-state index in [9.17, 15) is 4.39 Å². The first kappa shape index (κ1) is 15.0. The van der Waals surface area contributed by atoms with E-state index in [0.717, 1.165) is 5.56 Å². The molecule has 0 spiro atoms. The molecule has 2 N–H and O–H groups in total. The summed E-state index contributed by atoms with van der Waals surface area (Å²) in [6.07, 6.45) is 2.66. The molecule has 3 aromatic rings. The van der Waals surface area contributed by atoms with Crippen LogP contribution < -0.4 is 5.73 Å². The van der Waals surface area contributed by atoms with Gasteiger partial charge in [-0.25, -0.2) is 19.3 Å². The average molecular weight is 327 g/mol. The maximum absolute atomic E-state index is 14.6. The molecule has 7 heteroatoms. The Kier molecular flexibility index (Phi) is 3.86. The van der Waals surface area contributed by atoms with Crippen LogP contribution in [0.5, 0.6) is 0 Å². The second kappa shape index (κ2) is 6.16. The number of anilines is 1. The van der Waals surface area contributed by atoms with Gasteiger partial charge in [0.25, 0.3) is 0 Å². The van der Waals surface area contributed by atoms with Gasteiger partial charge in [0.2, 0.25) is 0 Å². The molecule has 2 heterocycles. The van der Waals surface area contributed by atoms with Crippen LogP contribution in [0.2, 0.25) is 0 Å². The molecule has 1 fully saturated rings. The number of imidazole rings is 1. The third-order valence-corrected chi connectivity index (χ3v) is 4.56. The van der Waals surface area contributed by atoms with Gasteiger partial charge in [0.15, 0.2) is 11.5 Å². The molecular formula is C17H18FN5O. The second-order valence-corrected chi connectivity index (χ2v) is 6.09. The number of nitrogen functional groups attached to an aromatic ring is 1. The summed E-state index contributed by atoms with van der Waals surface area (Å²) < 4.78 is 22.0. The summed E-state index contributed by atoms with van der Waals surface area (Å²) in [6, 6.07) is 9.60. The second-order valence-electron chi connectivity index (χ2n) is 6.09. The molecule has 2 aromatic heterocycles. The average Bonchev–Trinajstić information content (AvgIpc) is 3.03. The van der Waals surface area contributed by atoms with E-state index in [-0.39, 0.29) is 12.0 Å². The van der Waals surface area contributed by atoms with Crippen LogP contribution in [0.4, 0.5) is 10.2 Å². The van der Waals surface area contributed by atoms with E-state index >= 15 is 0 Å². The number of fused-ring (bicyclic) bond motifs is 1. The van der Waals surface area contributed by atoms with Crippen molar-refractivity contribution in [2.75, 3.05) is 12.3 Å². The summed E-state index contributed by atoms with van der Waals surface area (Å²) in [4.78, 5) is 12.2. The van der Waals surface area contributed by atoms with Gasteiger partial charge in [-0.2, -0.15) is 0 Å². The summed E-state index contributed by atoms with van der Waals surface area (Å²) in [5.74, 6) is 0.218. The lowest BCUT2D eigenvalue weighted by Gasteiger charge is -2.40. The third-order valence-electron chi connectivity index (χ3n) is 4.56. The predicted octanol–water partition coefficient (Wildman–Crippen LogP) is 2.52. The van der Waals surface area contributed by atoms with Gasteiger partial charge in [-0.3, -0.25) is 0 Å². The van der Waals surface area contributed by atoms with Crippen molar-refractivity contribution in [3.63, 3.8) is 0 Å². The normalized spacial score (nSPS) is 23.3. The largest absolute Gasteiger partial charge is 0.382 e. The van der Waals surface area contributed by atoms with Crippen LogP contribution in [-0.4, -0.2) is 32.3 Å². The van der Waals surface area contributed by atoms with Crippen molar-refractivity contribution in [2.24, 2.45) is 5.92 Å². The van der Waals surface area contributed by atoms with Crippen LogP contribution in [-0.2, 0) is 11.3 Å². The fraction of sp³-hybridized carbons (Fsp3) is 0.353. The molecule has 0 bridgehead atoms. The SMILES string of the molecule is Nc1ncnc2ncn(C3CC(COCc4ccccc4)C3F)c12. The van der Waals surface area contributed by atoms with Crippen molar-refractivity contribution in [2.45, 2.75) is 25.2 Å². The van der Waals surface area contributed by atoms with Gasteiger partial charge < -0.3 is 15.0 Å². The highest BCUT2D eigenvalue weighted by Gasteiger charge is 2.43. The molecule has 124 valence electrons. The van der Waals surface area contributed by atoms with Gasteiger partial charge >= 0.3 is 0 Å². The Morgan fingerprint density at radius 2 is 2.04 bits per heavy atom. The quantitative estimate of drug-likeness (QED) is 0.779. The predicted molar refractivity (Wildman–Crippen MR) is 87.9 cm³/mol. The molecule has 1 aromatic carbocycles. The molecule has 0 radical (unpaired) electrons. The molecule has 4 rings (SSSR count). The molecule has 0 amide bonds. The highest BCUT2D eigenvalue weighted by atomic mass is 19.1. The zero-order chi connectivity index (χ0) is 16.5. The van der Waals surface area contributed by atoms with E-state index in [0.29, 0.717) is 36.6 Å². The van der Waals surface area contributed by atoms with Crippen LogP contribution in [0.1, 0.15) is 18.0 Å². The first-order valence-corrected chi connectivity index (χ1v) is 7.93. The zero-order valence-electron chi connectivity index (χ0n) is 13.0. The maximum atomic E-state index is 14.6. The van der Waals surface area contributed by atoms with Crippen molar-refractivity contribution in [3.8, 4) is 0 Å². The topological polar surface area (TPSA) is 78.9 Å². The van der Waals surface area contributed by atoms with E-state index in [1.54, 1.807) is 10.9 Å². The molecule has 1 saturated carbocycles. The molecule has 1 aliphatic rings. The highest BCUT2D eigenvalue weighted by Crippen LogP contribution is 2.42. The molecule has 0 saturated heterocycles. The van der Waals surface area contributed by atoms with E-state index in [1.165, 1.54) is 6.33 Å². The van der Waals surface area contributed by atoms with Crippen LogP contribution in [0.25, 0.3) is 11.2 Å². The Labute approximate surface area is 138 Å². The van der Waals surface area contributed by atoms with Gasteiger partial charge in [0, 0.05) is 5.92 Å². The third kappa shape index (κ3) is 2.60. The molecule has 0 aliphatic heterocycles. The number of rotatable bonds is 5. The molecule has 3 unspecified atom stereocenters.